The Labute approximate surface area is 252 Å². The first-order valence-electron chi connectivity index (χ1n) is 13.6. The highest BCUT2D eigenvalue weighted by Crippen LogP contribution is 2.39. The molecule has 15 heteroatoms. The summed E-state index contributed by atoms with van der Waals surface area (Å²) < 4.78 is 48.7. The van der Waals surface area contributed by atoms with Crippen molar-refractivity contribution in [1.29, 1.82) is 5.41 Å². The fraction of sp³-hybridized carbons (Fsp3) is 0.310. The molecule has 0 amide bonds. The van der Waals surface area contributed by atoms with Gasteiger partial charge in [0.25, 0.3) is 11.8 Å². The normalized spacial score (nSPS) is 13.7. The molecule has 3 aromatic rings. The number of anilines is 1. The van der Waals surface area contributed by atoms with Gasteiger partial charge in [-0.05, 0) is 51.1 Å². The molecule has 0 bridgehead atoms. The molecule has 234 valence electrons. The van der Waals surface area contributed by atoms with Gasteiger partial charge in [-0.2, -0.15) is 13.8 Å². The van der Waals surface area contributed by atoms with E-state index in [2.05, 4.69) is 9.98 Å². The van der Waals surface area contributed by atoms with Crippen molar-refractivity contribution in [2.45, 2.75) is 26.3 Å². The summed E-state index contributed by atoms with van der Waals surface area (Å²) in [4.78, 5) is 23.8. The minimum atomic E-state index is -1.11. The van der Waals surface area contributed by atoms with Crippen LogP contribution in [0.15, 0.2) is 47.5 Å². The molecule has 2 aromatic carbocycles. The topological polar surface area (TPSA) is 199 Å². The Kier molecular flexibility index (Phi) is 9.37. The van der Waals surface area contributed by atoms with Gasteiger partial charge in [-0.1, -0.05) is 6.07 Å². The second-order valence-electron chi connectivity index (χ2n) is 10.3. The van der Waals surface area contributed by atoms with Crippen LogP contribution in [0.1, 0.15) is 26.3 Å². The summed E-state index contributed by atoms with van der Waals surface area (Å²) in [6.07, 6.45) is 0. The third kappa shape index (κ3) is 6.89. The van der Waals surface area contributed by atoms with Crippen molar-refractivity contribution in [2.24, 2.45) is 22.2 Å². The van der Waals surface area contributed by atoms with E-state index in [9.17, 15) is 9.90 Å². The van der Waals surface area contributed by atoms with E-state index in [1.165, 1.54) is 35.2 Å². The summed E-state index contributed by atoms with van der Waals surface area (Å²) >= 11 is 0. The maximum atomic E-state index is 16.1. The Morgan fingerprint density at radius 2 is 1.64 bits per heavy atom. The predicted octanol–water partition coefficient (Wildman–Crippen LogP) is 3.30. The van der Waals surface area contributed by atoms with Crippen LogP contribution in [0.25, 0.3) is 0 Å². The predicted molar refractivity (Wildman–Crippen MR) is 160 cm³/mol. The van der Waals surface area contributed by atoms with Crippen LogP contribution in [0, 0.1) is 17.0 Å². The number of halogens is 2. The SMILES string of the molecule is CCOC(=O)C(C)(C)N1CCN(c2c(F)c(Oc3cccc(N=C(N)N)c3)nc(Oc3ccc(O)c(C(=N)N)c3)c2F)CC1. The molecule has 44 heavy (non-hydrogen) atoms. The van der Waals surface area contributed by atoms with Gasteiger partial charge in [0.2, 0.25) is 11.6 Å². The number of nitrogens with one attached hydrogen (secondary N) is 1. The number of hydrogen-bond acceptors (Lipinski definition) is 10. The van der Waals surface area contributed by atoms with Gasteiger partial charge < -0.3 is 41.4 Å². The van der Waals surface area contributed by atoms with Crippen LogP contribution in [0.5, 0.6) is 29.0 Å². The number of aliphatic imine (C=N–C) groups is 1. The van der Waals surface area contributed by atoms with Crippen molar-refractivity contribution in [3.63, 3.8) is 0 Å². The fourth-order valence-corrected chi connectivity index (χ4v) is 4.61. The van der Waals surface area contributed by atoms with Gasteiger partial charge in [0.05, 0.1) is 17.9 Å². The van der Waals surface area contributed by atoms with Crippen LogP contribution in [-0.2, 0) is 9.53 Å². The molecule has 0 spiro atoms. The lowest BCUT2D eigenvalue weighted by Crippen LogP contribution is -2.58. The number of carbonyl (C=O) groups is 1. The number of esters is 1. The van der Waals surface area contributed by atoms with Gasteiger partial charge in [0.1, 0.15) is 34.3 Å². The lowest BCUT2D eigenvalue weighted by atomic mass is 10.0. The number of nitrogens with zero attached hydrogens (tertiary/aromatic N) is 4. The van der Waals surface area contributed by atoms with Gasteiger partial charge >= 0.3 is 5.97 Å². The highest BCUT2D eigenvalue weighted by atomic mass is 19.1. The van der Waals surface area contributed by atoms with Crippen molar-refractivity contribution < 1.29 is 32.9 Å². The van der Waals surface area contributed by atoms with E-state index in [1.54, 1.807) is 32.9 Å². The summed E-state index contributed by atoms with van der Waals surface area (Å²) in [7, 11) is 0. The van der Waals surface area contributed by atoms with Crippen LogP contribution in [0.4, 0.5) is 20.2 Å². The zero-order valence-corrected chi connectivity index (χ0v) is 24.4. The van der Waals surface area contributed by atoms with Crippen LogP contribution < -0.4 is 31.6 Å². The number of phenolic OH excluding ortho intramolecular Hbond substituents is 1. The Bertz CT molecular complexity index is 1590. The van der Waals surface area contributed by atoms with Gasteiger partial charge in [-0.15, -0.1) is 0 Å². The molecule has 0 unspecified atom stereocenters. The molecule has 1 aliphatic rings. The number of ether oxygens (including phenoxy) is 3. The molecule has 1 aliphatic heterocycles. The van der Waals surface area contributed by atoms with Crippen LogP contribution in [0.2, 0.25) is 0 Å². The number of nitrogen functional groups attached to an aromatic ring is 1. The number of amidine groups is 1. The van der Waals surface area contributed by atoms with E-state index in [4.69, 9.17) is 36.8 Å². The third-order valence-corrected chi connectivity index (χ3v) is 6.92. The average molecular weight is 613 g/mol. The summed E-state index contributed by atoms with van der Waals surface area (Å²) in [5.41, 5.74) is 15.3. The van der Waals surface area contributed by atoms with Gasteiger partial charge in [-0.3, -0.25) is 15.1 Å². The molecule has 1 saturated heterocycles. The van der Waals surface area contributed by atoms with Crippen LogP contribution >= 0.6 is 0 Å². The van der Waals surface area contributed by atoms with Gasteiger partial charge in [-0.25, -0.2) is 4.99 Å². The molecule has 8 N–H and O–H groups in total. The first-order chi connectivity index (χ1) is 20.8. The maximum Gasteiger partial charge on any atom is 0.325 e. The number of guanidine groups is 1. The van der Waals surface area contributed by atoms with Crippen molar-refractivity contribution in [3.8, 4) is 29.0 Å². The first-order valence-corrected chi connectivity index (χ1v) is 13.6. The molecular formula is C29H34F2N8O5. The number of pyridine rings is 1. The standard InChI is InChI=1S/C29H34F2N8O5/c1-4-42-27(41)29(2,3)39-12-10-38(11-13-39)23-21(30)25(43-17-7-5-6-16(14-17)36-28(34)35)37-26(22(23)31)44-18-8-9-20(40)19(15-18)24(32)33/h5-9,14-15,40H,4,10-13H2,1-3H3,(H3,32,33)(H4,34,35,36). The van der Waals surface area contributed by atoms with E-state index in [-0.39, 0.29) is 48.5 Å². The van der Waals surface area contributed by atoms with E-state index in [0.29, 0.717) is 18.8 Å². The number of hydrogen-bond donors (Lipinski definition) is 5. The Morgan fingerprint density at radius 1 is 1.02 bits per heavy atom. The van der Waals surface area contributed by atoms with Gasteiger partial charge in [0, 0.05) is 32.2 Å². The Morgan fingerprint density at radius 3 is 2.20 bits per heavy atom. The number of nitrogens with two attached hydrogens (primary N) is 3. The van der Waals surface area contributed by atoms with E-state index < -0.39 is 46.4 Å². The molecule has 0 radical (unpaired) electrons. The number of carbonyl (C=O) groups excluding carboxylic acids is 1. The largest absolute Gasteiger partial charge is 0.507 e. The Balaban J connectivity index is 1.73. The fourth-order valence-electron chi connectivity index (χ4n) is 4.61. The van der Waals surface area contributed by atoms with Crippen LogP contribution in [-0.4, -0.2) is 71.1 Å². The molecule has 4 rings (SSSR count). The maximum absolute atomic E-state index is 16.1. The number of aromatic hydroxyl groups is 1. The third-order valence-electron chi connectivity index (χ3n) is 6.92. The molecule has 1 aromatic heterocycles. The molecule has 0 atom stereocenters. The number of rotatable bonds is 10. The van der Waals surface area contributed by atoms with Crippen molar-refractivity contribution >= 4 is 29.1 Å². The lowest BCUT2D eigenvalue weighted by molar-refractivity contribution is -0.156. The summed E-state index contributed by atoms with van der Waals surface area (Å²) in [6.45, 7) is 6.28. The van der Waals surface area contributed by atoms with E-state index in [0.717, 1.165) is 0 Å². The second-order valence-corrected chi connectivity index (χ2v) is 10.3. The number of piperazine rings is 1. The van der Waals surface area contributed by atoms with E-state index >= 15 is 8.78 Å². The number of phenols is 1. The number of aromatic nitrogens is 1. The molecule has 13 nitrogen and oxygen atoms in total. The van der Waals surface area contributed by atoms with E-state index in [1.807, 2.05) is 4.90 Å². The highest BCUT2D eigenvalue weighted by Gasteiger charge is 2.39. The minimum absolute atomic E-state index is 0.0290. The quantitative estimate of drug-likeness (QED) is 0.128. The first kappa shape index (κ1) is 31.7. The zero-order chi connectivity index (χ0) is 32.2. The molecule has 0 saturated carbocycles. The summed E-state index contributed by atoms with van der Waals surface area (Å²) in [5, 5.41) is 17.7. The average Bonchev–Trinajstić information content (AvgIpc) is 2.96. The molecular weight excluding hydrogens is 578 g/mol. The highest BCUT2D eigenvalue weighted by molar-refractivity contribution is 5.97. The molecule has 0 aliphatic carbocycles. The smallest absolute Gasteiger partial charge is 0.325 e. The zero-order valence-electron chi connectivity index (χ0n) is 24.4. The molecule has 2 heterocycles. The summed E-state index contributed by atoms with van der Waals surface area (Å²) in [6, 6.07) is 9.84. The minimum Gasteiger partial charge on any atom is -0.507 e. The van der Waals surface area contributed by atoms with Crippen molar-refractivity contribution in [1.82, 2.24) is 9.88 Å². The van der Waals surface area contributed by atoms with Crippen molar-refractivity contribution in [3.05, 3.63) is 59.7 Å². The summed E-state index contributed by atoms with van der Waals surface area (Å²) in [5.74, 6) is -4.69. The van der Waals surface area contributed by atoms with Crippen LogP contribution in [0.3, 0.4) is 0 Å². The van der Waals surface area contributed by atoms with Gasteiger partial charge in [0.15, 0.2) is 5.96 Å². The lowest BCUT2D eigenvalue weighted by Gasteiger charge is -2.43. The van der Waals surface area contributed by atoms with Crippen molar-refractivity contribution in [2.75, 3.05) is 37.7 Å². The molecule has 1 fully saturated rings. The monoisotopic (exact) mass is 612 g/mol. The number of benzene rings is 2. The Hall–Kier alpha value is -5.18. The second kappa shape index (κ2) is 13.0.